The molecule has 0 aromatic carbocycles. The molecule has 0 amide bonds. The highest BCUT2D eigenvalue weighted by atomic mass is 15.3. The van der Waals surface area contributed by atoms with E-state index in [4.69, 9.17) is 0 Å². The molecule has 0 aromatic heterocycles. The van der Waals surface area contributed by atoms with E-state index in [1.54, 1.807) is 0 Å². The van der Waals surface area contributed by atoms with Gasteiger partial charge in [0.25, 0.3) is 0 Å². The minimum atomic E-state index is 0.419. The summed E-state index contributed by atoms with van der Waals surface area (Å²) in [4.78, 5) is 0. The summed E-state index contributed by atoms with van der Waals surface area (Å²) in [5.74, 6) is 0. The van der Waals surface area contributed by atoms with Crippen LogP contribution in [-0.2, 0) is 0 Å². The van der Waals surface area contributed by atoms with Gasteiger partial charge in [-0.15, -0.1) is 0 Å². The minimum Gasteiger partial charge on any atom is -0.308 e. The van der Waals surface area contributed by atoms with Crippen LogP contribution in [0.3, 0.4) is 0 Å². The second kappa shape index (κ2) is 2.69. The van der Waals surface area contributed by atoms with Gasteiger partial charge in [-0.2, -0.15) is 5.10 Å². The van der Waals surface area contributed by atoms with Crippen molar-refractivity contribution >= 4 is 6.72 Å². The third kappa shape index (κ3) is 3.47. The fraction of sp³-hybridized carbons (Fsp3) is 0.750. The first-order valence-electron chi connectivity index (χ1n) is 1.98. The van der Waals surface area contributed by atoms with Gasteiger partial charge in [0.1, 0.15) is 0 Å². The Labute approximate surface area is 38.2 Å². The Morgan fingerprint density at radius 2 is 2.17 bits per heavy atom. The van der Waals surface area contributed by atoms with E-state index in [9.17, 15) is 0 Å². The molecule has 0 bridgehead atoms. The van der Waals surface area contributed by atoms with Crippen LogP contribution in [0.25, 0.3) is 0 Å². The number of hydrogen-bond acceptors (Lipinski definition) is 2. The standard InChI is InChI=1S/C4H10N2/c1-4(2)6-5-3/h4,6H,3H2,1-2H3. The van der Waals surface area contributed by atoms with Crippen molar-refractivity contribution in [2.75, 3.05) is 0 Å². The second-order valence-electron chi connectivity index (χ2n) is 1.44. The second-order valence-corrected chi connectivity index (χ2v) is 1.44. The molecule has 0 aromatic rings. The lowest BCUT2D eigenvalue weighted by Gasteiger charge is -1.98. The molecule has 6 heavy (non-hydrogen) atoms. The SMILES string of the molecule is C=NNC(C)C. The van der Waals surface area contributed by atoms with Crippen LogP contribution in [0.1, 0.15) is 13.8 Å². The summed E-state index contributed by atoms with van der Waals surface area (Å²) in [6.07, 6.45) is 0. The van der Waals surface area contributed by atoms with E-state index in [-0.39, 0.29) is 0 Å². The van der Waals surface area contributed by atoms with Crippen LogP contribution in [0.4, 0.5) is 0 Å². The Morgan fingerprint density at radius 3 is 2.17 bits per heavy atom. The lowest BCUT2D eigenvalue weighted by molar-refractivity contribution is 0.624. The van der Waals surface area contributed by atoms with Gasteiger partial charge in [-0.05, 0) is 13.8 Å². The third-order valence-corrected chi connectivity index (χ3v) is 0.349. The van der Waals surface area contributed by atoms with Crippen LogP contribution >= 0.6 is 0 Å². The minimum absolute atomic E-state index is 0.419. The van der Waals surface area contributed by atoms with Crippen LogP contribution in [0.2, 0.25) is 0 Å². The highest BCUT2D eigenvalue weighted by Crippen LogP contribution is 1.70. The van der Waals surface area contributed by atoms with Gasteiger partial charge in [-0.1, -0.05) is 0 Å². The van der Waals surface area contributed by atoms with E-state index in [1.807, 2.05) is 13.8 Å². The summed E-state index contributed by atoms with van der Waals surface area (Å²) in [5.41, 5.74) is 2.72. The zero-order valence-electron chi connectivity index (χ0n) is 4.23. The zero-order valence-corrected chi connectivity index (χ0v) is 4.23. The quantitative estimate of drug-likeness (QED) is 0.386. The van der Waals surface area contributed by atoms with E-state index in [2.05, 4.69) is 17.2 Å². The number of nitrogens with zero attached hydrogens (tertiary/aromatic N) is 1. The Kier molecular flexibility index (Phi) is 2.46. The summed E-state index contributed by atoms with van der Waals surface area (Å²) in [6, 6.07) is 0.419. The third-order valence-electron chi connectivity index (χ3n) is 0.349. The number of hydrogen-bond donors (Lipinski definition) is 1. The van der Waals surface area contributed by atoms with Gasteiger partial charge in [0.05, 0.1) is 0 Å². The average Bonchev–Trinajstić information content (AvgIpc) is 1.35. The molecule has 0 radical (unpaired) electrons. The first-order valence-corrected chi connectivity index (χ1v) is 1.98. The summed E-state index contributed by atoms with van der Waals surface area (Å²) < 4.78 is 0. The molecule has 2 nitrogen and oxygen atoms in total. The number of hydrazone groups is 1. The van der Waals surface area contributed by atoms with E-state index < -0.39 is 0 Å². The summed E-state index contributed by atoms with van der Waals surface area (Å²) in [6.45, 7) is 7.26. The van der Waals surface area contributed by atoms with Gasteiger partial charge in [0, 0.05) is 12.8 Å². The van der Waals surface area contributed by atoms with Gasteiger partial charge < -0.3 is 5.43 Å². The molecule has 0 aliphatic carbocycles. The molecular formula is C4H10N2. The lowest BCUT2D eigenvalue weighted by atomic mass is 10.4. The molecule has 0 atom stereocenters. The largest absolute Gasteiger partial charge is 0.308 e. The van der Waals surface area contributed by atoms with Gasteiger partial charge in [0.15, 0.2) is 0 Å². The molecule has 0 unspecified atom stereocenters. The van der Waals surface area contributed by atoms with Crippen LogP contribution in [0.5, 0.6) is 0 Å². The van der Waals surface area contributed by atoms with Crippen molar-refractivity contribution < 1.29 is 0 Å². The van der Waals surface area contributed by atoms with E-state index >= 15 is 0 Å². The molecule has 0 spiro atoms. The highest BCUT2D eigenvalue weighted by Gasteiger charge is 1.79. The maximum Gasteiger partial charge on any atom is 0.0383 e. The van der Waals surface area contributed by atoms with Crippen molar-refractivity contribution in [1.29, 1.82) is 0 Å². The Balaban J connectivity index is 2.81. The predicted octanol–water partition coefficient (Wildman–Crippen LogP) is 0.600. The molecule has 0 saturated heterocycles. The van der Waals surface area contributed by atoms with E-state index in [0.717, 1.165) is 0 Å². The summed E-state index contributed by atoms with van der Waals surface area (Å²) >= 11 is 0. The predicted molar refractivity (Wildman–Crippen MR) is 27.8 cm³/mol. The van der Waals surface area contributed by atoms with Crippen LogP contribution < -0.4 is 5.43 Å². The van der Waals surface area contributed by atoms with Crippen molar-refractivity contribution in [2.24, 2.45) is 5.10 Å². The van der Waals surface area contributed by atoms with E-state index in [1.165, 1.54) is 0 Å². The van der Waals surface area contributed by atoms with Crippen molar-refractivity contribution in [3.8, 4) is 0 Å². The molecule has 0 heterocycles. The Morgan fingerprint density at radius 1 is 1.67 bits per heavy atom. The van der Waals surface area contributed by atoms with Crippen LogP contribution in [-0.4, -0.2) is 12.8 Å². The van der Waals surface area contributed by atoms with Crippen LogP contribution in [0, 0.1) is 0 Å². The zero-order chi connectivity index (χ0) is 4.99. The molecule has 36 valence electrons. The number of rotatable bonds is 2. The van der Waals surface area contributed by atoms with Gasteiger partial charge in [-0.3, -0.25) is 0 Å². The van der Waals surface area contributed by atoms with Crippen LogP contribution in [0.15, 0.2) is 5.10 Å². The lowest BCUT2D eigenvalue weighted by Crippen LogP contribution is -2.14. The Hall–Kier alpha value is -0.530. The molecule has 0 saturated carbocycles. The van der Waals surface area contributed by atoms with E-state index in [0.29, 0.717) is 6.04 Å². The van der Waals surface area contributed by atoms with Crippen molar-refractivity contribution in [3.63, 3.8) is 0 Å². The van der Waals surface area contributed by atoms with Crippen molar-refractivity contribution in [1.82, 2.24) is 5.43 Å². The van der Waals surface area contributed by atoms with Crippen molar-refractivity contribution in [2.45, 2.75) is 19.9 Å². The molecule has 0 fully saturated rings. The monoisotopic (exact) mass is 86.1 g/mol. The van der Waals surface area contributed by atoms with Gasteiger partial charge in [-0.25, -0.2) is 0 Å². The fourth-order valence-corrected chi connectivity index (χ4v) is 0.183. The fourth-order valence-electron chi connectivity index (χ4n) is 0.183. The summed E-state index contributed by atoms with van der Waals surface area (Å²) in [5, 5.41) is 3.44. The molecule has 0 rings (SSSR count). The summed E-state index contributed by atoms with van der Waals surface area (Å²) in [7, 11) is 0. The van der Waals surface area contributed by atoms with Gasteiger partial charge >= 0.3 is 0 Å². The average molecular weight is 86.1 g/mol. The topological polar surface area (TPSA) is 24.4 Å². The number of nitrogens with one attached hydrogen (secondary N) is 1. The highest BCUT2D eigenvalue weighted by molar-refractivity contribution is 5.22. The maximum absolute atomic E-state index is 3.44. The maximum atomic E-state index is 3.44. The first-order chi connectivity index (χ1) is 2.77. The Bertz CT molecular complexity index is 40.8. The normalized spacial score (nSPS) is 8.50. The molecule has 0 aliphatic rings. The molecule has 1 N–H and O–H groups in total. The van der Waals surface area contributed by atoms with Gasteiger partial charge in [0.2, 0.25) is 0 Å². The molecular weight excluding hydrogens is 76.1 g/mol. The van der Waals surface area contributed by atoms with Crippen molar-refractivity contribution in [3.05, 3.63) is 0 Å². The molecule has 2 heteroatoms. The molecule has 0 aliphatic heterocycles. The smallest absolute Gasteiger partial charge is 0.0383 e. The first kappa shape index (κ1) is 5.47.